The Balaban J connectivity index is 1.59. The zero-order chi connectivity index (χ0) is 24.7. The Kier molecular flexibility index (Phi) is 5.60. The molecule has 0 aliphatic carbocycles. The van der Waals surface area contributed by atoms with Crippen LogP contribution in [0.25, 0.3) is 17.1 Å². The molecule has 0 saturated heterocycles. The molecule has 0 amide bonds. The van der Waals surface area contributed by atoms with Crippen LogP contribution in [-0.4, -0.2) is 4.57 Å². The third-order valence-electron chi connectivity index (χ3n) is 8.09. The van der Waals surface area contributed by atoms with Crippen molar-refractivity contribution in [3.63, 3.8) is 0 Å². The molecule has 0 radical (unpaired) electrons. The second kappa shape index (κ2) is 8.95. The van der Waals surface area contributed by atoms with Crippen LogP contribution in [0.2, 0.25) is 0 Å². The van der Waals surface area contributed by atoms with Crippen molar-refractivity contribution in [2.75, 3.05) is 0 Å². The summed E-state index contributed by atoms with van der Waals surface area (Å²) >= 11 is 0. The van der Waals surface area contributed by atoms with E-state index in [1.807, 2.05) is 0 Å². The van der Waals surface area contributed by atoms with Gasteiger partial charge in [0.25, 0.3) is 5.82 Å². The number of imidazole rings is 1. The van der Waals surface area contributed by atoms with Gasteiger partial charge in [-0.15, -0.1) is 0 Å². The normalized spacial score (nSPS) is 15.8. The Labute approximate surface area is 214 Å². The number of fused-ring (bicyclic) bond motifs is 3. The molecule has 178 valence electrons. The molecule has 2 nitrogen and oxygen atoms in total. The van der Waals surface area contributed by atoms with E-state index < -0.39 is 0 Å². The maximum atomic E-state index is 2.49. The van der Waals surface area contributed by atoms with Gasteiger partial charge in [0.15, 0.2) is 0 Å². The van der Waals surface area contributed by atoms with E-state index in [0.717, 1.165) is 12.8 Å². The highest BCUT2D eigenvalue weighted by molar-refractivity contribution is 5.65. The summed E-state index contributed by atoms with van der Waals surface area (Å²) in [7, 11) is 0. The molecule has 5 aromatic rings. The number of hydrogen-bond donors (Lipinski definition) is 0. The molecular formula is C34H33N2+. The number of rotatable bonds is 5. The van der Waals surface area contributed by atoms with Gasteiger partial charge in [0, 0.05) is 29.9 Å². The van der Waals surface area contributed by atoms with Crippen LogP contribution in [0.15, 0.2) is 116 Å². The van der Waals surface area contributed by atoms with Gasteiger partial charge in [0.1, 0.15) is 23.6 Å². The highest BCUT2D eigenvalue weighted by Crippen LogP contribution is 2.42. The third-order valence-corrected chi connectivity index (χ3v) is 8.09. The topological polar surface area (TPSA) is 8.81 Å². The first-order valence-electron chi connectivity index (χ1n) is 13.0. The SMILES string of the molecule is C[C@@H]1c2ccccc2-c2n(-c3c(Cc4ccccc4)cccc3Cc3ccccc3)cc[n+]2C1(C)C. The lowest BCUT2D eigenvalue weighted by atomic mass is 9.78. The average molecular weight is 470 g/mol. The minimum atomic E-state index is -0.0249. The van der Waals surface area contributed by atoms with Crippen molar-refractivity contribution >= 4 is 0 Å². The van der Waals surface area contributed by atoms with Crippen LogP contribution >= 0.6 is 0 Å². The van der Waals surface area contributed by atoms with Crippen LogP contribution in [-0.2, 0) is 18.4 Å². The van der Waals surface area contributed by atoms with Crippen molar-refractivity contribution in [1.29, 1.82) is 0 Å². The Morgan fingerprint density at radius 2 is 1.25 bits per heavy atom. The van der Waals surface area contributed by atoms with E-state index in [1.165, 1.54) is 44.9 Å². The fraction of sp³-hybridized carbons (Fsp3) is 0.206. The first-order chi connectivity index (χ1) is 17.5. The fourth-order valence-electron chi connectivity index (χ4n) is 5.83. The number of hydrogen-bond acceptors (Lipinski definition) is 0. The van der Waals surface area contributed by atoms with E-state index in [2.05, 4.69) is 145 Å². The Morgan fingerprint density at radius 3 is 1.86 bits per heavy atom. The van der Waals surface area contributed by atoms with E-state index in [1.54, 1.807) is 0 Å². The van der Waals surface area contributed by atoms with E-state index in [0.29, 0.717) is 5.92 Å². The van der Waals surface area contributed by atoms with Crippen LogP contribution in [0.3, 0.4) is 0 Å². The molecule has 1 aliphatic rings. The van der Waals surface area contributed by atoms with Gasteiger partial charge in [0.05, 0.1) is 5.56 Å². The van der Waals surface area contributed by atoms with Crippen LogP contribution in [0.4, 0.5) is 0 Å². The van der Waals surface area contributed by atoms with Crippen molar-refractivity contribution in [3.8, 4) is 17.1 Å². The summed E-state index contributed by atoms with van der Waals surface area (Å²) in [5.41, 5.74) is 9.40. The highest BCUT2D eigenvalue weighted by atomic mass is 15.2. The Morgan fingerprint density at radius 1 is 0.694 bits per heavy atom. The van der Waals surface area contributed by atoms with Gasteiger partial charge in [-0.2, -0.15) is 4.57 Å². The van der Waals surface area contributed by atoms with Gasteiger partial charge < -0.3 is 0 Å². The fourth-order valence-corrected chi connectivity index (χ4v) is 5.83. The van der Waals surface area contributed by atoms with E-state index in [4.69, 9.17) is 0 Å². The average Bonchev–Trinajstić information content (AvgIpc) is 3.35. The number of nitrogens with zero attached hydrogens (tertiary/aromatic N) is 2. The van der Waals surface area contributed by atoms with E-state index in [-0.39, 0.29) is 5.54 Å². The molecule has 0 bridgehead atoms. The summed E-state index contributed by atoms with van der Waals surface area (Å²) in [5.74, 6) is 1.69. The summed E-state index contributed by atoms with van der Waals surface area (Å²) < 4.78 is 4.95. The summed E-state index contributed by atoms with van der Waals surface area (Å²) in [6.07, 6.45) is 6.37. The second-order valence-electron chi connectivity index (χ2n) is 10.6. The van der Waals surface area contributed by atoms with Crippen molar-refractivity contribution < 1.29 is 4.57 Å². The molecule has 4 aromatic carbocycles. The van der Waals surface area contributed by atoms with Crippen molar-refractivity contribution in [2.45, 2.75) is 45.1 Å². The van der Waals surface area contributed by atoms with Crippen LogP contribution in [0.1, 0.15) is 54.5 Å². The summed E-state index contributed by atoms with van der Waals surface area (Å²) in [6, 6.07) is 37.4. The lowest BCUT2D eigenvalue weighted by Gasteiger charge is -2.35. The molecule has 0 saturated carbocycles. The molecule has 2 heterocycles. The Bertz CT molecular complexity index is 1450. The maximum Gasteiger partial charge on any atom is 0.294 e. The summed E-state index contributed by atoms with van der Waals surface area (Å²) in [6.45, 7) is 7.08. The molecule has 6 rings (SSSR count). The monoisotopic (exact) mass is 469 g/mol. The molecule has 1 aromatic heterocycles. The number of aromatic nitrogens is 2. The molecule has 1 atom stereocenters. The van der Waals surface area contributed by atoms with Gasteiger partial charge in [-0.25, -0.2) is 4.57 Å². The predicted octanol–water partition coefficient (Wildman–Crippen LogP) is 7.47. The molecule has 0 fully saturated rings. The molecule has 0 N–H and O–H groups in total. The number of benzene rings is 4. The van der Waals surface area contributed by atoms with Crippen molar-refractivity contribution in [1.82, 2.24) is 4.57 Å². The van der Waals surface area contributed by atoms with Gasteiger partial charge >= 0.3 is 0 Å². The highest BCUT2D eigenvalue weighted by Gasteiger charge is 2.44. The standard InChI is InChI=1S/C34H33N2/c1-25-30-19-10-11-20-31(30)33-35(21-22-36(33)34(25,2)3)32-28(23-26-13-6-4-7-14-26)17-12-18-29(32)24-27-15-8-5-9-16-27/h4-22,25H,23-24H2,1-3H3/q+1/t25-/m1/s1. The maximum absolute atomic E-state index is 2.49. The van der Waals surface area contributed by atoms with Crippen LogP contribution in [0, 0.1) is 0 Å². The lowest BCUT2D eigenvalue weighted by Crippen LogP contribution is -2.58. The van der Waals surface area contributed by atoms with Crippen LogP contribution in [0.5, 0.6) is 0 Å². The van der Waals surface area contributed by atoms with Gasteiger partial charge in [-0.05, 0) is 36.6 Å². The Hall–Kier alpha value is -3.91. The third kappa shape index (κ3) is 3.78. The van der Waals surface area contributed by atoms with Crippen LogP contribution < -0.4 is 4.57 Å². The predicted molar refractivity (Wildman–Crippen MR) is 148 cm³/mol. The van der Waals surface area contributed by atoms with E-state index in [9.17, 15) is 0 Å². The second-order valence-corrected chi connectivity index (χ2v) is 10.6. The smallest absolute Gasteiger partial charge is 0.224 e. The first kappa shape index (κ1) is 22.5. The molecule has 36 heavy (non-hydrogen) atoms. The molecule has 1 aliphatic heterocycles. The minimum Gasteiger partial charge on any atom is -0.224 e. The lowest BCUT2D eigenvalue weighted by molar-refractivity contribution is -0.752. The van der Waals surface area contributed by atoms with Crippen molar-refractivity contribution in [3.05, 3.63) is 143 Å². The number of para-hydroxylation sites is 1. The van der Waals surface area contributed by atoms with E-state index >= 15 is 0 Å². The first-order valence-corrected chi connectivity index (χ1v) is 13.0. The minimum absolute atomic E-state index is 0.0249. The molecule has 0 unspecified atom stereocenters. The van der Waals surface area contributed by atoms with Gasteiger partial charge in [-0.1, -0.05) is 104 Å². The zero-order valence-corrected chi connectivity index (χ0v) is 21.4. The molecule has 2 heteroatoms. The zero-order valence-electron chi connectivity index (χ0n) is 21.4. The molecule has 0 spiro atoms. The summed E-state index contributed by atoms with van der Waals surface area (Å²) in [4.78, 5) is 0. The quantitative estimate of drug-likeness (QED) is 0.236. The van der Waals surface area contributed by atoms with Gasteiger partial charge in [-0.3, -0.25) is 0 Å². The molecular weight excluding hydrogens is 436 g/mol. The van der Waals surface area contributed by atoms with Crippen molar-refractivity contribution in [2.24, 2.45) is 0 Å². The van der Waals surface area contributed by atoms with Gasteiger partial charge in [0.2, 0.25) is 0 Å². The summed E-state index contributed by atoms with van der Waals surface area (Å²) in [5, 5.41) is 0. The largest absolute Gasteiger partial charge is 0.294 e.